The molecule has 10 heavy (non-hydrogen) atoms. The van der Waals surface area contributed by atoms with Gasteiger partial charge in [0.1, 0.15) is 4.83 Å². The van der Waals surface area contributed by atoms with Gasteiger partial charge in [-0.1, -0.05) is 28.1 Å². The Morgan fingerprint density at radius 2 is 2.50 bits per heavy atom. The molecule has 0 saturated heterocycles. The van der Waals surface area contributed by atoms with Crippen LogP contribution in [0.2, 0.25) is 0 Å². The molecule has 0 fully saturated rings. The number of hydrogen-bond donors (Lipinski definition) is 0. The summed E-state index contributed by atoms with van der Waals surface area (Å²) in [6, 6.07) is 0. The Hall–Kier alpha value is -0.640. The molecule has 4 heteroatoms. The van der Waals surface area contributed by atoms with Crippen molar-refractivity contribution in [1.82, 2.24) is 0 Å². The van der Waals surface area contributed by atoms with Gasteiger partial charge in [-0.25, -0.2) is 0 Å². The Labute approximate surface area is 66.7 Å². The lowest BCUT2D eigenvalue weighted by Gasteiger charge is -2.05. The smallest absolute Gasteiger partial charge is 0.259 e. The number of nitrogens with zero attached hydrogens (tertiary/aromatic N) is 1. The van der Waals surface area contributed by atoms with E-state index in [0.717, 1.165) is 0 Å². The molecule has 0 spiro atoms. The van der Waals surface area contributed by atoms with Crippen molar-refractivity contribution in [2.24, 2.45) is 0 Å². The van der Waals surface area contributed by atoms with Crippen molar-refractivity contribution in [3.63, 3.8) is 0 Å². The average Bonchev–Trinajstić information content (AvgIpc) is 1.88. The van der Waals surface area contributed by atoms with Gasteiger partial charge >= 0.3 is 0 Å². The van der Waals surface area contributed by atoms with Crippen LogP contribution in [0.25, 0.3) is 0 Å². The Morgan fingerprint density at radius 1 is 1.80 bits per heavy atom. The summed E-state index contributed by atoms with van der Waals surface area (Å²) in [4.78, 5) is 9.76. The van der Waals surface area contributed by atoms with Gasteiger partial charge in [0, 0.05) is 6.08 Å². The number of hydrogen-bond acceptors (Lipinski definition) is 2. The number of halogens is 1. The summed E-state index contributed by atoms with van der Waals surface area (Å²) < 4.78 is 0. The zero-order valence-electron chi connectivity index (χ0n) is 5.16. The van der Waals surface area contributed by atoms with Crippen LogP contribution >= 0.6 is 15.9 Å². The molecule has 1 unspecified atom stereocenters. The number of rotatable bonds is 1. The predicted molar refractivity (Wildman–Crippen MR) is 41.5 cm³/mol. The molecule has 1 atom stereocenters. The largest absolute Gasteiger partial charge is 0.260 e. The normalized spacial score (nSPS) is 24.1. The summed E-state index contributed by atoms with van der Waals surface area (Å²) in [5.41, 5.74) is 0.238. The Balaban J connectivity index is 2.80. The van der Waals surface area contributed by atoms with Gasteiger partial charge in [0.05, 0.1) is 4.92 Å². The van der Waals surface area contributed by atoms with Gasteiger partial charge in [-0.05, 0) is 6.42 Å². The van der Waals surface area contributed by atoms with E-state index in [1.807, 2.05) is 6.08 Å². The van der Waals surface area contributed by atoms with Crippen molar-refractivity contribution in [2.45, 2.75) is 11.2 Å². The highest BCUT2D eigenvalue weighted by molar-refractivity contribution is 9.09. The highest BCUT2D eigenvalue weighted by Gasteiger charge is 2.21. The Morgan fingerprint density at radius 3 is 2.90 bits per heavy atom. The molecule has 0 bridgehead atoms. The van der Waals surface area contributed by atoms with Crippen LogP contribution in [0.4, 0.5) is 0 Å². The monoisotopic (exact) mass is 203 g/mol. The van der Waals surface area contributed by atoms with Crippen LogP contribution in [-0.4, -0.2) is 9.75 Å². The fraction of sp³-hybridized carbons (Fsp3) is 0.333. The number of allylic oxidation sites excluding steroid dienone is 4. The number of nitro groups is 1. The summed E-state index contributed by atoms with van der Waals surface area (Å²) in [6.45, 7) is 0. The minimum absolute atomic E-state index is 0.118. The molecule has 0 heterocycles. The van der Waals surface area contributed by atoms with Crippen LogP contribution in [0.15, 0.2) is 23.9 Å². The maximum absolute atomic E-state index is 10.2. The molecule has 0 saturated carbocycles. The molecule has 0 aromatic rings. The SMILES string of the molecule is O=[N+]([O-])C1=CC=CCC1Br. The van der Waals surface area contributed by atoms with Gasteiger partial charge in [0.25, 0.3) is 5.70 Å². The van der Waals surface area contributed by atoms with Crippen molar-refractivity contribution < 1.29 is 4.92 Å². The average molecular weight is 204 g/mol. The zero-order valence-corrected chi connectivity index (χ0v) is 6.74. The molecule has 1 aliphatic carbocycles. The maximum atomic E-state index is 10.2. The topological polar surface area (TPSA) is 43.1 Å². The second kappa shape index (κ2) is 2.96. The van der Waals surface area contributed by atoms with Crippen molar-refractivity contribution >= 4 is 15.9 Å². The lowest BCUT2D eigenvalue weighted by atomic mass is 10.1. The van der Waals surface area contributed by atoms with Crippen LogP contribution in [-0.2, 0) is 0 Å². The molecule has 54 valence electrons. The Bertz CT molecular complexity index is 210. The van der Waals surface area contributed by atoms with Gasteiger partial charge < -0.3 is 0 Å². The van der Waals surface area contributed by atoms with Crippen molar-refractivity contribution in [2.75, 3.05) is 0 Å². The summed E-state index contributed by atoms with van der Waals surface area (Å²) in [6.07, 6.45) is 5.82. The fourth-order valence-corrected chi connectivity index (χ4v) is 1.30. The molecular weight excluding hydrogens is 198 g/mol. The molecule has 0 aromatic heterocycles. The summed E-state index contributed by atoms with van der Waals surface area (Å²) >= 11 is 3.19. The lowest BCUT2D eigenvalue weighted by Crippen LogP contribution is -2.12. The maximum Gasteiger partial charge on any atom is 0.260 e. The van der Waals surface area contributed by atoms with E-state index in [4.69, 9.17) is 0 Å². The molecule has 0 aromatic carbocycles. The first-order valence-corrected chi connectivity index (χ1v) is 3.78. The van der Waals surface area contributed by atoms with Gasteiger partial charge in [0.15, 0.2) is 0 Å². The quantitative estimate of drug-likeness (QED) is 0.371. The third kappa shape index (κ3) is 1.44. The molecular formula is C6H6BrNO2. The number of alkyl halides is 1. The van der Waals surface area contributed by atoms with E-state index in [1.54, 1.807) is 6.08 Å². The molecule has 0 aliphatic heterocycles. The predicted octanol–water partition coefficient (Wildman–Crippen LogP) is 1.87. The summed E-state index contributed by atoms with van der Waals surface area (Å²) in [7, 11) is 0. The van der Waals surface area contributed by atoms with E-state index in [1.165, 1.54) is 6.08 Å². The highest BCUT2D eigenvalue weighted by Crippen LogP contribution is 2.20. The Kier molecular flexibility index (Phi) is 2.21. The third-order valence-corrected chi connectivity index (χ3v) is 2.12. The van der Waals surface area contributed by atoms with Gasteiger partial charge in [0.2, 0.25) is 0 Å². The fourth-order valence-electron chi connectivity index (χ4n) is 0.765. The van der Waals surface area contributed by atoms with E-state index < -0.39 is 0 Å². The van der Waals surface area contributed by atoms with Crippen molar-refractivity contribution in [1.29, 1.82) is 0 Å². The standard InChI is InChI=1S/C6H6BrNO2/c7-5-3-1-2-4-6(5)8(9)10/h1-2,4-5H,3H2. The first-order chi connectivity index (χ1) is 4.72. The van der Waals surface area contributed by atoms with E-state index in [2.05, 4.69) is 15.9 Å². The van der Waals surface area contributed by atoms with E-state index in [0.29, 0.717) is 6.42 Å². The first-order valence-electron chi connectivity index (χ1n) is 2.87. The van der Waals surface area contributed by atoms with Gasteiger partial charge in [-0.15, -0.1) is 0 Å². The molecule has 0 N–H and O–H groups in total. The molecule has 0 amide bonds. The van der Waals surface area contributed by atoms with Crippen LogP contribution < -0.4 is 0 Å². The second-order valence-corrected chi connectivity index (χ2v) is 3.09. The van der Waals surface area contributed by atoms with Gasteiger partial charge in [-0.3, -0.25) is 10.1 Å². The van der Waals surface area contributed by atoms with E-state index in [9.17, 15) is 10.1 Å². The van der Waals surface area contributed by atoms with Crippen molar-refractivity contribution in [3.05, 3.63) is 34.0 Å². The molecule has 1 rings (SSSR count). The van der Waals surface area contributed by atoms with Crippen molar-refractivity contribution in [3.8, 4) is 0 Å². The molecule has 1 aliphatic rings. The van der Waals surface area contributed by atoms with E-state index in [-0.39, 0.29) is 15.4 Å². The third-order valence-electron chi connectivity index (χ3n) is 1.28. The van der Waals surface area contributed by atoms with Gasteiger partial charge in [-0.2, -0.15) is 0 Å². The summed E-state index contributed by atoms with van der Waals surface area (Å²) in [5, 5.41) is 10.2. The molecule has 0 radical (unpaired) electrons. The zero-order chi connectivity index (χ0) is 7.56. The van der Waals surface area contributed by atoms with Crippen LogP contribution in [0.1, 0.15) is 6.42 Å². The summed E-state index contributed by atoms with van der Waals surface area (Å²) in [5.74, 6) is 0. The van der Waals surface area contributed by atoms with Crippen LogP contribution in [0.5, 0.6) is 0 Å². The molecule has 3 nitrogen and oxygen atoms in total. The van der Waals surface area contributed by atoms with E-state index >= 15 is 0 Å². The highest BCUT2D eigenvalue weighted by atomic mass is 79.9. The first kappa shape index (κ1) is 7.47. The second-order valence-electron chi connectivity index (χ2n) is 1.98. The minimum Gasteiger partial charge on any atom is -0.259 e. The van der Waals surface area contributed by atoms with Crippen LogP contribution in [0.3, 0.4) is 0 Å². The minimum atomic E-state index is -0.358. The van der Waals surface area contributed by atoms with Crippen LogP contribution in [0, 0.1) is 10.1 Å². The lowest BCUT2D eigenvalue weighted by molar-refractivity contribution is -0.426.